The number of methoxy groups -OCH3 is 1. The van der Waals surface area contributed by atoms with Gasteiger partial charge in [-0.1, -0.05) is 6.07 Å². The van der Waals surface area contributed by atoms with Crippen LogP contribution in [0.1, 0.15) is 36.0 Å². The van der Waals surface area contributed by atoms with Gasteiger partial charge in [-0.05, 0) is 56.0 Å². The van der Waals surface area contributed by atoms with Crippen LogP contribution in [0.25, 0.3) is 0 Å². The molecule has 1 unspecified atom stereocenters. The Balaban J connectivity index is 1.57. The Morgan fingerprint density at radius 1 is 1.00 bits per heavy atom. The van der Waals surface area contributed by atoms with E-state index in [1.807, 2.05) is 0 Å². The summed E-state index contributed by atoms with van der Waals surface area (Å²) in [5, 5.41) is 5.33. The lowest BCUT2D eigenvalue weighted by molar-refractivity contribution is -0.128. The third-order valence-electron chi connectivity index (χ3n) is 6.54. The molecule has 4 amide bonds. The quantitative estimate of drug-likeness (QED) is 0.583. The maximum Gasteiger partial charge on any atom is 0.324 e. The Kier molecular flexibility index (Phi) is 7.68. The van der Waals surface area contributed by atoms with Gasteiger partial charge >= 0.3 is 6.03 Å². The minimum absolute atomic E-state index is 0.0397. The van der Waals surface area contributed by atoms with E-state index in [4.69, 9.17) is 10.5 Å². The van der Waals surface area contributed by atoms with E-state index in [0.717, 1.165) is 25.0 Å². The number of carbonyl (C=O) groups excluding carboxylic acids is 3. The van der Waals surface area contributed by atoms with Crippen molar-refractivity contribution < 1.29 is 27.9 Å². The van der Waals surface area contributed by atoms with Crippen LogP contribution < -0.4 is 21.1 Å². The summed E-state index contributed by atoms with van der Waals surface area (Å²) in [6.07, 6.45) is 1.64. The molecule has 2 aromatic carbocycles. The van der Waals surface area contributed by atoms with Gasteiger partial charge in [0, 0.05) is 36.8 Å². The number of halogens is 2. The van der Waals surface area contributed by atoms with Crippen LogP contribution in [0.4, 0.5) is 19.3 Å². The Hall–Kier alpha value is -3.73. The van der Waals surface area contributed by atoms with E-state index in [0.29, 0.717) is 30.2 Å². The molecule has 0 bridgehead atoms. The lowest BCUT2D eigenvalue weighted by atomic mass is 9.92. The number of amides is 4. The summed E-state index contributed by atoms with van der Waals surface area (Å²) in [6.45, 7) is 0.126. The largest absolute Gasteiger partial charge is 0.497 e. The molecular formula is C25H29F2N5O4. The summed E-state index contributed by atoms with van der Waals surface area (Å²) in [4.78, 5) is 42.4. The zero-order chi connectivity index (χ0) is 25.8. The normalized spacial score (nSPS) is 21.7. The number of nitrogens with two attached hydrogens (primary N) is 1. The SMILES string of the molecule is COc1cccc(C(=O)N2CCN(C(=O)Nc3ccc(F)cc3F)C2C(=O)NC2CCC(N)CC2)c1. The molecule has 9 nitrogen and oxygen atoms in total. The standard InChI is InChI=1S/C25H29F2N5O4/c1-36-19-4-2-3-15(13-19)24(34)31-11-12-32(25(35)30-21-10-5-16(26)14-20(21)27)23(31)22(33)29-18-8-6-17(28)7-9-18/h2-5,10,13-14,17-18,23H,6-9,11-12,28H2,1H3,(H,29,33)(H,30,35). The maximum atomic E-state index is 14.2. The fourth-order valence-electron chi connectivity index (χ4n) is 4.58. The topological polar surface area (TPSA) is 117 Å². The van der Waals surface area contributed by atoms with Gasteiger partial charge < -0.3 is 26.0 Å². The number of rotatable bonds is 5. The first-order valence-corrected chi connectivity index (χ1v) is 11.8. The van der Waals surface area contributed by atoms with Gasteiger partial charge in [0.15, 0.2) is 6.17 Å². The first-order chi connectivity index (χ1) is 17.3. The zero-order valence-corrected chi connectivity index (χ0v) is 19.9. The molecule has 1 saturated heterocycles. The highest BCUT2D eigenvalue weighted by atomic mass is 19.1. The Morgan fingerprint density at radius 3 is 2.42 bits per heavy atom. The van der Waals surface area contributed by atoms with Crippen molar-refractivity contribution in [1.29, 1.82) is 0 Å². The summed E-state index contributed by atoms with van der Waals surface area (Å²) in [5.41, 5.74) is 6.02. The molecule has 36 heavy (non-hydrogen) atoms. The molecule has 0 aromatic heterocycles. The van der Waals surface area contributed by atoms with Crippen LogP contribution in [0, 0.1) is 11.6 Å². The van der Waals surface area contributed by atoms with E-state index in [1.54, 1.807) is 24.3 Å². The van der Waals surface area contributed by atoms with Gasteiger partial charge in [0.25, 0.3) is 11.8 Å². The van der Waals surface area contributed by atoms with Gasteiger partial charge in [-0.3, -0.25) is 14.5 Å². The number of hydrogen-bond acceptors (Lipinski definition) is 5. The number of nitrogens with one attached hydrogen (secondary N) is 2. The number of nitrogens with zero attached hydrogens (tertiary/aromatic N) is 2. The van der Waals surface area contributed by atoms with Crippen LogP contribution in [0.5, 0.6) is 5.75 Å². The van der Waals surface area contributed by atoms with Crippen molar-refractivity contribution in [2.24, 2.45) is 5.73 Å². The first kappa shape index (κ1) is 25.4. The Bertz CT molecular complexity index is 1140. The molecule has 11 heteroatoms. The van der Waals surface area contributed by atoms with Crippen molar-refractivity contribution in [1.82, 2.24) is 15.1 Å². The molecule has 1 heterocycles. The molecule has 0 spiro atoms. The van der Waals surface area contributed by atoms with Gasteiger partial charge in [-0.25, -0.2) is 13.6 Å². The average Bonchev–Trinajstić information content (AvgIpc) is 3.32. The highest BCUT2D eigenvalue weighted by molar-refractivity contribution is 6.00. The molecule has 4 N–H and O–H groups in total. The lowest BCUT2D eigenvalue weighted by Gasteiger charge is -2.32. The van der Waals surface area contributed by atoms with Gasteiger partial charge in [0.05, 0.1) is 12.8 Å². The molecule has 1 aliphatic carbocycles. The molecule has 2 fully saturated rings. The van der Waals surface area contributed by atoms with E-state index < -0.39 is 35.6 Å². The van der Waals surface area contributed by atoms with Crippen molar-refractivity contribution in [3.8, 4) is 5.75 Å². The Labute approximate surface area is 207 Å². The van der Waals surface area contributed by atoms with Crippen LogP contribution >= 0.6 is 0 Å². The van der Waals surface area contributed by atoms with E-state index in [2.05, 4.69) is 10.6 Å². The fourth-order valence-corrected chi connectivity index (χ4v) is 4.58. The molecule has 2 aromatic rings. The summed E-state index contributed by atoms with van der Waals surface area (Å²) >= 11 is 0. The zero-order valence-electron chi connectivity index (χ0n) is 19.9. The average molecular weight is 502 g/mol. The highest BCUT2D eigenvalue weighted by Crippen LogP contribution is 2.24. The number of anilines is 1. The second kappa shape index (κ2) is 10.9. The van der Waals surface area contributed by atoms with Gasteiger partial charge in [0.2, 0.25) is 0 Å². The van der Waals surface area contributed by atoms with Crippen molar-refractivity contribution in [2.75, 3.05) is 25.5 Å². The molecule has 1 atom stereocenters. The first-order valence-electron chi connectivity index (χ1n) is 11.8. The molecule has 1 saturated carbocycles. The molecule has 192 valence electrons. The second-order valence-electron chi connectivity index (χ2n) is 8.97. The van der Waals surface area contributed by atoms with Gasteiger partial charge in [0.1, 0.15) is 17.4 Å². The monoisotopic (exact) mass is 501 g/mol. The molecular weight excluding hydrogens is 472 g/mol. The second-order valence-corrected chi connectivity index (χ2v) is 8.97. The number of hydrogen-bond donors (Lipinski definition) is 3. The van der Waals surface area contributed by atoms with Crippen LogP contribution in [-0.4, -0.2) is 66.1 Å². The van der Waals surface area contributed by atoms with Crippen molar-refractivity contribution in [3.05, 3.63) is 59.7 Å². The Morgan fingerprint density at radius 2 is 1.72 bits per heavy atom. The van der Waals surface area contributed by atoms with Crippen LogP contribution in [0.3, 0.4) is 0 Å². The molecule has 4 rings (SSSR count). The smallest absolute Gasteiger partial charge is 0.324 e. The number of urea groups is 1. The van der Waals surface area contributed by atoms with E-state index in [-0.39, 0.29) is 30.9 Å². The number of ether oxygens (including phenoxy) is 1. The third-order valence-corrected chi connectivity index (χ3v) is 6.54. The van der Waals surface area contributed by atoms with Crippen LogP contribution in [0.2, 0.25) is 0 Å². The predicted octanol–water partition coefficient (Wildman–Crippen LogP) is 2.68. The van der Waals surface area contributed by atoms with Crippen LogP contribution in [0.15, 0.2) is 42.5 Å². The summed E-state index contributed by atoms with van der Waals surface area (Å²) in [6, 6.07) is 8.42. The van der Waals surface area contributed by atoms with Crippen molar-refractivity contribution in [3.63, 3.8) is 0 Å². The number of carbonyl (C=O) groups is 3. The van der Waals surface area contributed by atoms with Gasteiger partial charge in [-0.15, -0.1) is 0 Å². The van der Waals surface area contributed by atoms with Crippen molar-refractivity contribution >= 4 is 23.5 Å². The maximum absolute atomic E-state index is 14.2. The van der Waals surface area contributed by atoms with Gasteiger partial charge in [-0.2, -0.15) is 0 Å². The molecule has 2 aliphatic rings. The van der Waals surface area contributed by atoms with E-state index in [1.165, 1.54) is 16.9 Å². The fraction of sp³-hybridized carbons (Fsp3) is 0.400. The number of benzene rings is 2. The summed E-state index contributed by atoms with van der Waals surface area (Å²) in [5.74, 6) is -2.24. The minimum Gasteiger partial charge on any atom is -0.497 e. The molecule has 0 radical (unpaired) electrons. The third kappa shape index (κ3) is 5.56. The molecule has 1 aliphatic heterocycles. The van der Waals surface area contributed by atoms with Crippen molar-refractivity contribution in [2.45, 2.75) is 43.9 Å². The predicted molar refractivity (Wildman–Crippen MR) is 128 cm³/mol. The summed E-state index contributed by atoms with van der Waals surface area (Å²) < 4.78 is 32.6. The summed E-state index contributed by atoms with van der Waals surface area (Å²) in [7, 11) is 1.48. The van der Waals surface area contributed by atoms with E-state index >= 15 is 0 Å². The van der Waals surface area contributed by atoms with E-state index in [9.17, 15) is 23.2 Å². The lowest BCUT2D eigenvalue weighted by Crippen LogP contribution is -2.56. The highest BCUT2D eigenvalue weighted by Gasteiger charge is 2.44. The minimum atomic E-state index is -1.26. The van der Waals surface area contributed by atoms with Crippen LogP contribution in [-0.2, 0) is 4.79 Å².